The lowest BCUT2D eigenvalue weighted by molar-refractivity contribution is -0.137. The van der Waals surface area contributed by atoms with Gasteiger partial charge in [-0.15, -0.1) is 0 Å². The van der Waals surface area contributed by atoms with E-state index in [-0.39, 0.29) is 18.7 Å². The Kier molecular flexibility index (Phi) is 6.51. The molecule has 0 atom stereocenters. The molecular weight excluding hydrogens is 320 g/mol. The van der Waals surface area contributed by atoms with Gasteiger partial charge in [-0.3, -0.25) is 9.59 Å². The van der Waals surface area contributed by atoms with E-state index in [0.717, 1.165) is 11.1 Å². The summed E-state index contributed by atoms with van der Waals surface area (Å²) >= 11 is 0. The monoisotopic (exact) mass is 342 g/mol. The number of carbonyl (C=O) groups is 2. The smallest absolute Gasteiger partial charge is 0.303 e. The Labute approximate surface area is 146 Å². The van der Waals surface area contributed by atoms with Crippen LogP contribution < -0.4 is 10.1 Å². The number of carboxylic acid groups (broad SMARTS) is 1. The van der Waals surface area contributed by atoms with Crippen molar-refractivity contribution in [2.75, 3.05) is 5.32 Å². The molecule has 0 spiro atoms. The van der Waals surface area contributed by atoms with Crippen molar-refractivity contribution in [1.29, 1.82) is 0 Å². The number of carbonyl (C=O) groups excluding carboxylic acids is 1. The minimum atomic E-state index is -0.850. The first-order chi connectivity index (χ1) is 12.0. The van der Waals surface area contributed by atoms with Gasteiger partial charge in [-0.25, -0.2) is 4.98 Å². The molecule has 1 aromatic carbocycles. The molecule has 2 N–H and O–H groups in total. The molecule has 25 heavy (non-hydrogen) atoms. The number of aromatic nitrogens is 1. The van der Waals surface area contributed by atoms with E-state index in [4.69, 9.17) is 9.84 Å². The number of nitrogens with zero attached hydrogens (tertiary/aromatic N) is 1. The number of anilines is 1. The number of aryl methyl sites for hydroxylation is 1. The van der Waals surface area contributed by atoms with Crippen LogP contribution >= 0.6 is 0 Å². The molecule has 132 valence electrons. The summed E-state index contributed by atoms with van der Waals surface area (Å²) in [5.41, 5.74) is 2.61. The molecule has 1 aromatic heterocycles. The summed E-state index contributed by atoms with van der Waals surface area (Å²) < 4.78 is 5.88. The van der Waals surface area contributed by atoms with Crippen LogP contribution in [0.4, 0.5) is 5.69 Å². The van der Waals surface area contributed by atoms with Crippen LogP contribution in [0.1, 0.15) is 36.8 Å². The molecule has 6 nitrogen and oxygen atoms in total. The van der Waals surface area contributed by atoms with Crippen LogP contribution in [-0.4, -0.2) is 22.0 Å². The maximum Gasteiger partial charge on any atom is 0.303 e. The third-order valence-corrected chi connectivity index (χ3v) is 3.85. The molecule has 1 heterocycles. The highest BCUT2D eigenvalue weighted by Gasteiger charge is 2.11. The number of carboxylic acids is 1. The summed E-state index contributed by atoms with van der Waals surface area (Å²) in [6.07, 6.45) is 2.92. The molecule has 0 fully saturated rings. The molecule has 1 amide bonds. The van der Waals surface area contributed by atoms with Gasteiger partial charge in [0, 0.05) is 19.0 Å². The molecule has 0 saturated heterocycles. The first-order valence-electron chi connectivity index (χ1n) is 8.18. The van der Waals surface area contributed by atoms with E-state index in [2.05, 4.69) is 10.3 Å². The van der Waals surface area contributed by atoms with E-state index < -0.39 is 5.97 Å². The van der Waals surface area contributed by atoms with Gasteiger partial charge in [0.05, 0.1) is 0 Å². The summed E-state index contributed by atoms with van der Waals surface area (Å²) in [5.74, 6) is -0.0215. The Balaban J connectivity index is 2.01. The van der Waals surface area contributed by atoms with E-state index in [9.17, 15) is 9.59 Å². The average molecular weight is 342 g/mol. The molecule has 0 saturated carbocycles. The third-order valence-electron chi connectivity index (χ3n) is 3.85. The minimum absolute atomic E-state index is 0.0706. The van der Waals surface area contributed by atoms with Gasteiger partial charge in [-0.2, -0.15) is 0 Å². The van der Waals surface area contributed by atoms with Crippen LogP contribution in [0.25, 0.3) is 0 Å². The molecule has 0 radical (unpaired) electrons. The molecular formula is C19H22N2O4. The van der Waals surface area contributed by atoms with Crippen molar-refractivity contribution in [2.45, 2.75) is 39.5 Å². The number of rotatable bonds is 8. The number of aliphatic carboxylic acids is 1. The lowest BCUT2D eigenvalue weighted by Gasteiger charge is -2.13. The van der Waals surface area contributed by atoms with Crippen LogP contribution in [0.15, 0.2) is 36.5 Å². The van der Waals surface area contributed by atoms with Crippen molar-refractivity contribution in [3.8, 4) is 11.6 Å². The van der Waals surface area contributed by atoms with Crippen molar-refractivity contribution in [3.63, 3.8) is 0 Å². The summed E-state index contributed by atoms with van der Waals surface area (Å²) in [5, 5.41) is 11.4. The number of ether oxygens (including phenoxy) is 1. The fraction of sp³-hybridized carbons (Fsp3) is 0.316. The van der Waals surface area contributed by atoms with Gasteiger partial charge < -0.3 is 15.2 Å². The molecule has 0 aliphatic carbocycles. The fourth-order valence-corrected chi connectivity index (χ4v) is 2.28. The van der Waals surface area contributed by atoms with Gasteiger partial charge in [0.15, 0.2) is 0 Å². The van der Waals surface area contributed by atoms with E-state index in [0.29, 0.717) is 30.2 Å². The van der Waals surface area contributed by atoms with E-state index in [1.165, 1.54) is 0 Å². The van der Waals surface area contributed by atoms with Gasteiger partial charge in [-0.1, -0.05) is 12.1 Å². The molecule has 0 aliphatic heterocycles. The van der Waals surface area contributed by atoms with Gasteiger partial charge in [0.1, 0.15) is 11.4 Å². The fourth-order valence-electron chi connectivity index (χ4n) is 2.28. The number of hydrogen-bond acceptors (Lipinski definition) is 4. The van der Waals surface area contributed by atoms with Crippen molar-refractivity contribution < 1.29 is 19.4 Å². The van der Waals surface area contributed by atoms with Crippen molar-refractivity contribution in [1.82, 2.24) is 4.98 Å². The second-order valence-electron chi connectivity index (χ2n) is 5.81. The van der Waals surface area contributed by atoms with E-state index >= 15 is 0 Å². The Hall–Kier alpha value is -2.89. The predicted molar refractivity (Wildman–Crippen MR) is 95.0 cm³/mol. The van der Waals surface area contributed by atoms with Gasteiger partial charge >= 0.3 is 5.97 Å². The molecule has 2 rings (SSSR count). The highest BCUT2D eigenvalue weighted by Crippen LogP contribution is 2.30. The predicted octanol–water partition coefficient (Wildman–Crippen LogP) is 4.07. The van der Waals surface area contributed by atoms with Crippen LogP contribution in [-0.2, 0) is 9.59 Å². The normalized spacial score (nSPS) is 10.3. The Morgan fingerprint density at radius 3 is 2.64 bits per heavy atom. The molecule has 0 aliphatic rings. The van der Waals surface area contributed by atoms with Crippen LogP contribution in [0, 0.1) is 13.8 Å². The first-order valence-corrected chi connectivity index (χ1v) is 8.18. The van der Waals surface area contributed by atoms with E-state index in [1.807, 2.05) is 32.0 Å². The Bertz CT molecular complexity index is 759. The topological polar surface area (TPSA) is 88.5 Å². The Morgan fingerprint density at radius 1 is 1.12 bits per heavy atom. The standard InChI is InChI=1S/C19H22N2O4/c1-13-7-5-9-16(14(13)2)25-19-15(8-6-12-20-19)21-17(22)10-3-4-11-18(23)24/h5-9,12H,3-4,10-11H2,1-2H3,(H,21,22)(H,23,24). The summed E-state index contributed by atoms with van der Waals surface area (Å²) in [6, 6.07) is 9.20. The first kappa shape index (κ1) is 18.4. The summed E-state index contributed by atoms with van der Waals surface area (Å²) in [7, 11) is 0. The van der Waals surface area contributed by atoms with Gasteiger partial charge in [-0.05, 0) is 56.0 Å². The zero-order valence-electron chi connectivity index (χ0n) is 14.4. The highest BCUT2D eigenvalue weighted by molar-refractivity contribution is 5.91. The number of hydrogen-bond donors (Lipinski definition) is 2. The quantitative estimate of drug-likeness (QED) is 0.706. The van der Waals surface area contributed by atoms with Gasteiger partial charge in [0.2, 0.25) is 11.8 Å². The van der Waals surface area contributed by atoms with Crippen LogP contribution in [0.5, 0.6) is 11.6 Å². The number of unbranched alkanes of at least 4 members (excludes halogenated alkanes) is 1. The number of nitrogens with one attached hydrogen (secondary N) is 1. The second kappa shape index (κ2) is 8.82. The third kappa shape index (κ3) is 5.60. The maximum absolute atomic E-state index is 12.0. The molecule has 6 heteroatoms. The Morgan fingerprint density at radius 2 is 1.88 bits per heavy atom. The van der Waals surface area contributed by atoms with Crippen molar-refractivity contribution in [2.24, 2.45) is 0 Å². The zero-order chi connectivity index (χ0) is 18.2. The molecule has 0 unspecified atom stereocenters. The zero-order valence-corrected chi connectivity index (χ0v) is 14.4. The largest absolute Gasteiger partial charge is 0.481 e. The van der Waals surface area contributed by atoms with Gasteiger partial charge in [0.25, 0.3) is 0 Å². The van der Waals surface area contributed by atoms with Crippen LogP contribution in [0.3, 0.4) is 0 Å². The maximum atomic E-state index is 12.0. The average Bonchev–Trinajstić information content (AvgIpc) is 2.57. The number of pyridine rings is 1. The minimum Gasteiger partial charge on any atom is -0.481 e. The lowest BCUT2D eigenvalue weighted by atomic mass is 10.1. The number of amides is 1. The van der Waals surface area contributed by atoms with E-state index in [1.54, 1.807) is 18.3 Å². The molecule has 2 aromatic rings. The number of benzene rings is 1. The summed E-state index contributed by atoms with van der Waals surface area (Å²) in [4.78, 5) is 26.7. The highest BCUT2D eigenvalue weighted by atomic mass is 16.5. The second-order valence-corrected chi connectivity index (χ2v) is 5.81. The van der Waals surface area contributed by atoms with Crippen molar-refractivity contribution in [3.05, 3.63) is 47.7 Å². The molecule has 0 bridgehead atoms. The summed E-state index contributed by atoms with van der Waals surface area (Å²) in [6.45, 7) is 3.97. The van der Waals surface area contributed by atoms with Crippen LogP contribution in [0.2, 0.25) is 0 Å². The SMILES string of the molecule is Cc1cccc(Oc2ncccc2NC(=O)CCCCC(=O)O)c1C. The van der Waals surface area contributed by atoms with Crippen molar-refractivity contribution >= 4 is 17.6 Å². The lowest BCUT2D eigenvalue weighted by Crippen LogP contribution is -2.12.